The molecule has 0 atom stereocenters. The van der Waals surface area contributed by atoms with Gasteiger partial charge >= 0.3 is 9.05 Å². The van der Waals surface area contributed by atoms with Crippen LogP contribution in [0.15, 0.2) is 0 Å². The van der Waals surface area contributed by atoms with Gasteiger partial charge in [-0.1, -0.05) is 20.8 Å². The largest absolute Gasteiger partial charge is 0.679 e. The van der Waals surface area contributed by atoms with Gasteiger partial charge in [-0.15, -0.1) is 0 Å². The predicted molar refractivity (Wildman–Crippen MR) is 104 cm³/mol. The summed E-state index contributed by atoms with van der Waals surface area (Å²) in [7, 11) is -3.47. The molecular formula is C17H41N3O4Si. The Balaban J connectivity index is 5.41. The molecule has 0 saturated heterocycles. The molecule has 0 aliphatic rings. The van der Waals surface area contributed by atoms with Gasteiger partial charge in [0.2, 0.25) is 0 Å². The highest BCUT2D eigenvalue weighted by Gasteiger charge is 2.49. The fourth-order valence-electron chi connectivity index (χ4n) is 1.38. The summed E-state index contributed by atoms with van der Waals surface area (Å²) in [5.41, 5.74) is 16.5. The maximum absolute atomic E-state index is 6.09. The van der Waals surface area contributed by atoms with Crippen LogP contribution in [0.1, 0.15) is 62.3 Å². The van der Waals surface area contributed by atoms with Crippen LogP contribution in [0.25, 0.3) is 0 Å². The molecule has 0 heterocycles. The molecular weight excluding hydrogens is 338 g/mol. The van der Waals surface area contributed by atoms with E-state index < -0.39 is 25.7 Å². The summed E-state index contributed by atoms with van der Waals surface area (Å²) in [6.07, 6.45) is 0. The first-order chi connectivity index (χ1) is 10.8. The second kappa shape index (κ2) is 8.75. The van der Waals surface area contributed by atoms with Crippen LogP contribution in [0.2, 0.25) is 0 Å². The Kier molecular flexibility index (Phi) is 8.73. The topological polar surface area (TPSA) is 115 Å². The van der Waals surface area contributed by atoms with Gasteiger partial charge in [0.05, 0.1) is 19.8 Å². The van der Waals surface area contributed by atoms with Gasteiger partial charge in [0.25, 0.3) is 0 Å². The average molecular weight is 380 g/mol. The van der Waals surface area contributed by atoms with Gasteiger partial charge in [-0.25, -0.2) is 0 Å². The lowest BCUT2D eigenvalue weighted by Crippen LogP contribution is -2.58. The number of hydrogen-bond acceptors (Lipinski definition) is 7. The van der Waals surface area contributed by atoms with Crippen molar-refractivity contribution in [3.05, 3.63) is 0 Å². The lowest BCUT2D eigenvalue weighted by atomic mass is 9.99. The van der Waals surface area contributed by atoms with Crippen molar-refractivity contribution in [3.63, 3.8) is 0 Å². The first-order valence-electron chi connectivity index (χ1n) is 8.75. The summed E-state index contributed by atoms with van der Waals surface area (Å²) in [5, 5.41) is 0. The summed E-state index contributed by atoms with van der Waals surface area (Å²) in [6, 6.07) is 0. The summed E-state index contributed by atoms with van der Waals surface area (Å²) >= 11 is 0. The first-order valence-corrected chi connectivity index (χ1v) is 10.4. The Morgan fingerprint density at radius 2 is 0.760 bits per heavy atom. The predicted octanol–water partition coefficient (Wildman–Crippen LogP) is 1.75. The van der Waals surface area contributed by atoms with Crippen molar-refractivity contribution in [1.82, 2.24) is 0 Å². The molecule has 0 aliphatic carbocycles. The quantitative estimate of drug-likeness (QED) is 0.468. The van der Waals surface area contributed by atoms with Crippen LogP contribution in [0.4, 0.5) is 0 Å². The Morgan fingerprint density at radius 1 is 0.520 bits per heavy atom. The highest BCUT2D eigenvalue weighted by molar-refractivity contribution is 6.53. The summed E-state index contributed by atoms with van der Waals surface area (Å²) in [6.45, 7) is 18.6. The van der Waals surface area contributed by atoms with Crippen LogP contribution < -0.4 is 17.2 Å². The van der Waals surface area contributed by atoms with E-state index in [1.807, 2.05) is 41.5 Å². The molecule has 0 fully saturated rings. The van der Waals surface area contributed by atoms with Gasteiger partial charge in [0.15, 0.2) is 0 Å². The molecule has 0 aliphatic heterocycles. The molecule has 0 saturated carbocycles. The van der Waals surface area contributed by atoms with Crippen LogP contribution in [-0.2, 0) is 17.7 Å². The highest BCUT2D eigenvalue weighted by atomic mass is 28.4. The van der Waals surface area contributed by atoms with Crippen molar-refractivity contribution >= 4 is 9.05 Å². The van der Waals surface area contributed by atoms with Crippen molar-refractivity contribution in [2.45, 2.75) is 78.9 Å². The average Bonchev–Trinajstić information content (AvgIpc) is 2.33. The Hall–Kier alpha value is -0.0631. The fraction of sp³-hybridized carbons (Fsp3) is 1.00. The molecule has 0 radical (unpaired) electrons. The summed E-state index contributed by atoms with van der Waals surface area (Å²) < 4.78 is 24.1. The third-order valence-corrected chi connectivity index (χ3v) is 4.54. The van der Waals surface area contributed by atoms with E-state index >= 15 is 0 Å². The molecule has 8 heteroatoms. The minimum Gasteiger partial charge on any atom is -0.351 e. The number of hydrogen-bond donors (Lipinski definition) is 3. The first kappa shape index (κ1) is 24.9. The molecule has 0 aromatic rings. The lowest BCUT2D eigenvalue weighted by Gasteiger charge is -2.36. The molecule has 152 valence electrons. The maximum atomic E-state index is 6.09. The molecule has 25 heavy (non-hydrogen) atoms. The van der Waals surface area contributed by atoms with E-state index in [0.29, 0.717) is 6.61 Å². The molecule has 0 unspecified atom stereocenters. The zero-order valence-corrected chi connectivity index (χ0v) is 18.7. The Bertz CT molecular complexity index is 315. The van der Waals surface area contributed by atoms with E-state index in [4.69, 9.17) is 34.9 Å². The van der Waals surface area contributed by atoms with E-state index in [0.717, 1.165) is 0 Å². The maximum Gasteiger partial charge on any atom is 0.679 e. The fourth-order valence-corrected chi connectivity index (χ4v) is 4.13. The van der Waals surface area contributed by atoms with Gasteiger partial charge in [-0.3, -0.25) is 0 Å². The van der Waals surface area contributed by atoms with Gasteiger partial charge in [-0.05, 0) is 47.0 Å². The lowest BCUT2D eigenvalue weighted by molar-refractivity contribution is -0.0648. The third-order valence-electron chi connectivity index (χ3n) is 2.54. The number of rotatable bonds is 11. The van der Waals surface area contributed by atoms with Crippen LogP contribution in [0.5, 0.6) is 0 Å². The highest BCUT2D eigenvalue weighted by Crippen LogP contribution is 2.22. The van der Waals surface area contributed by atoms with E-state index in [1.54, 1.807) is 0 Å². The van der Waals surface area contributed by atoms with E-state index in [2.05, 4.69) is 20.8 Å². The molecule has 6 N–H and O–H groups in total. The van der Waals surface area contributed by atoms with Crippen molar-refractivity contribution in [3.8, 4) is 0 Å². The van der Waals surface area contributed by atoms with Crippen LogP contribution in [-0.4, -0.2) is 52.1 Å². The smallest absolute Gasteiger partial charge is 0.351 e. The minimum absolute atomic E-state index is 0.0803. The standard InChI is InChI=1S/C17H41N3O4Si/c1-14(2,3)10-21-25(22-11-15(4,5)18,23-12-16(6,7)19)24-13-17(8,9)20/h10-13,18-20H2,1-9H3. The normalized spacial score (nSPS) is 14.9. The molecule has 0 amide bonds. The van der Waals surface area contributed by atoms with Gasteiger partial charge in [0, 0.05) is 23.2 Å². The molecule has 0 aromatic heterocycles. The van der Waals surface area contributed by atoms with E-state index in [9.17, 15) is 0 Å². The van der Waals surface area contributed by atoms with E-state index in [-0.39, 0.29) is 25.2 Å². The van der Waals surface area contributed by atoms with Crippen molar-refractivity contribution in [1.29, 1.82) is 0 Å². The van der Waals surface area contributed by atoms with E-state index in [1.165, 1.54) is 0 Å². The summed E-state index contributed by atoms with van der Waals surface area (Å²) in [5.74, 6) is 0. The van der Waals surface area contributed by atoms with Crippen LogP contribution >= 0.6 is 0 Å². The molecule has 0 aromatic carbocycles. The zero-order valence-electron chi connectivity index (χ0n) is 17.7. The Labute approximate surface area is 155 Å². The molecule has 0 bridgehead atoms. The van der Waals surface area contributed by atoms with Gasteiger partial charge < -0.3 is 34.9 Å². The third kappa shape index (κ3) is 14.8. The number of nitrogens with two attached hydrogens (primary N) is 3. The SMILES string of the molecule is CC(C)(C)CO[Si](OCC(C)(C)N)(OCC(C)(C)N)OCC(C)(C)N. The second-order valence-electron chi connectivity index (χ2n) is 10.2. The Morgan fingerprint density at radius 3 is 0.960 bits per heavy atom. The van der Waals surface area contributed by atoms with Crippen molar-refractivity contribution in [2.75, 3.05) is 26.4 Å². The van der Waals surface area contributed by atoms with Crippen LogP contribution in [0.3, 0.4) is 0 Å². The molecule has 0 spiro atoms. The monoisotopic (exact) mass is 379 g/mol. The van der Waals surface area contributed by atoms with Gasteiger partial charge in [-0.2, -0.15) is 0 Å². The van der Waals surface area contributed by atoms with Gasteiger partial charge in [0.1, 0.15) is 0 Å². The zero-order chi connectivity index (χ0) is 20.2. The summed E-state index contributed by atoms with van der Waals surface area (Å²) in [4.78, 5) is 0. The van der Waals surface area contributed by atoms with Crippen molar-refractivity contribution < 1.29 is 17.7 Å². The molecule has 0 rings (SSSR count). The van der Waals surface area contributed by atoms with Crippen molar-refractivity contribution in [2.24, 2.45) is 22.6 Å². The minimum atomic E-state index is -3.47. The van der Waals surface area contributed by atoms with Crippen LogP contribution in [0, 0.1) is 5.41 Å². The molecule has 7 nitrogen and oxygen atoms in total. The second-order valence-corrected chi connectivity index (χ2v) is 12.3.